The molecule has 0 aliphatic heterocycles. The molecule has 0 fully saturated rings. The lowest BCUT2D eigenvalue weighted by Gasteiger charge is -2.29. The summed E-state index contributed by atoms with van der Waals surface area (Å²) in [5.41, 5.74) is 0.707. The Balaban J connectivity index is 2.28. The van der Waals surface area contributed by atoms with Crippen LogP contribution in [0.15, 0.2) is 53.4 Å². The van der Waals surface area contributed by atoms with E-state index in [1.807, 2.05) is 32.0 Å². The van der Waals surface area contributed by atoms with Gasteiger partial charge in [-0.05, 0) is 44.2 Å². The first-order valence-electron chi connectivity index (χ1n) is 7.93. The molecule has 0 heterocycles. The van der Waals surface area contributed by atoms with E-state index >= 15 is 0 Å². The van der Waals surface area contributed by atoms with Gasteiger partial charge >= 0.3 is 0 Å². The molecule has 5 nitrogen and oxygen atoms in total. The number of benzene rings is 2. The van der Waals surface area contributed by atoms with Crippen LogP contribution >= 0.6 is 23.2 Å². The van der Waals surface area contributed by atoms with Gasteiger partial charge in [0.1, 0.15) is 4.90 Å². The molecule has 2 aromatic carbocycles. The lowest BCUT2D eigenvalue weighted by atomic mass is 10.2. The van der Waals surface area contributed by atoms with Gasteiger partial charge in [-0.1, -0.05) is 41.4 Å². The van der Waals surface area contributed by atoms with Crippen molar-refractivity contribution in [2.75, 3.05) is 18.5 Å². The molecule has 8 heteroatoms. The van der Waals surface area contributed by atoms with E-state index in [2.05, 4.69) is 0 Å². The third kappa shape index (κ3) is 4.57. The Hall–Kier alpha value is -1.60. The van der Waals surface area contributed by atoms with Gasteiger partial charge < -0.3 is 4.90 Å². The number of nitrogens with zero attached hydrogens (tertiary/aromatic N) is 2. The molecule has 0 atom stereocenters. The number of para-hydroxylation sites is 1. The molecule has 140 valence electrons. The van der Waals surface area contributed by atoms with Crippen LogP contribution in [0.2, 0.25) is 10.0 Å². The van der Waals surface area contributed by atoms with Crippen molar-refractivity contribution >= 4 is 44.8 Å². The number of hydrogen-bond acceptors (Lipinski definition) is 3. The molecule has 0 N–H and O–H groups in total. The summed E-state index contributed by atoms with van der Waals surface area (Å²) in [7, 11) is -2.62. The zero-order chi connectivity index (χ0) is 19.5. The van der Waals surface area contributed by atoms with Gasteiger partial charge in [-0.15, -0.1) is 0 Å². The van der Waals surface area contributed by atoms with E-state index < -0.39 is 10.0 Å². The van der Waals surface area contributed by atoms with E-state index in [-0.39, 0.29) is 33.4 Å². The van der Waals surface area contributed by atoms with E-state index in [1.165, 1.54) is 25.2 Å². The molecule has 2 aromatic rings. The first-order chi connectivity index (χ1) is 12.1. The molecular formula is C18H20Cl2N2O3S. The molecule has 0 unspecified atom stereocenters. The van der Waals surface area contributed by atoms with Gasteiger partial charge in [0.2, 0.25) is 15.9 Å². The van der Waals surface area contributed by atoms with Crippen molar-refractivity contribution in [2.45, 2.75) is 24.8 Å². The van der Waals surface area contributed by atoms with Crippen LogP contribution in [0.3, 0.4) is 0 Å². The van der Waals surface area contributed by atoms with Crippen LogP contribution in [-0.2, 0) is 14.8 Å². The highest BCUT2D eigenvalue weighted by Gasteiger charge is 2.28. The van der Waals surface area contributed by atoms with Crippen LogP contribution in [0.4, 0.5) is 5.69 Å². The smallest absolute Gasteiger partial charge is 0.244 e. The second-order valence-electron chi connectivity index (χ2n) is 6.03. The van der Waals surface area contributed by atoms with E-state index in [0.29, 0.717) is 5.69 Å². The molecule has 1 amide bonds. The third-order valence-corrected chi connectivity index (χ3v) is 6.28. The molecule has 0 aliphatic carbocycles. The fraction of sp³-hybridized carbons (Fsp3) is 0.278. The molecule has 0 saturated heterocycles. The van der Waals surface area contributed by atoms with Gasteiger partial charge in [0, 0.05) is 23.8 Å². The summed E-state index contributed by atoms with van der Waals surface area (Å²) in [4.78, 5) is 14.2. The standard InChI is InChI=1S/C18H20Cl2N2O3S/c1-13(2)22(15-7-5-4-6-8-15)18(23)12-21(3)26(24,25)17-11-14(19)9-10-16(17)20/h4-11,13H,12H2,1-3H3. The molecular weight excluding hydrogens is 395 g/mol. The summed E-state index contributed by atoms with van der Waals surface area (Å²) in [5, 5.41) is 0.304. The Bertz CT molecular complexity index is 887. The first kappa shape index (κ1) is 20.7. The third-order valence-electron chi connectivity index (χ3n) is 3.76. The monoisotopic (exact) mass is 414 g/mol. The maximum absolute atomic E-state index is 12.8. The zero-order valence-corrected chi connectivity index (χ0v) is 17.0. The van der Waals surface area contributed by atoms with Crippen molar-refractivity contribution in [3.8, 4) is 0 Å². The first-order valence-corrected chi connectivity index (χ1v) is 10.1. The lowest BCUT2D eigenvalue weighted by molar-refractivity contribution is -0.119. The number of sulfonamides is 1. The Kier molecular flexibility index (Phi) is 6.69. The van der Waals surface area contributed by atoms with E-state index in [0.717, 1.165) is 4.31 Å². The van der Waals surface area contributed by atoms with Gasteiger partial charge in [-0.3, -0.25) is 4.79 Å². The van der Waals surface area contributed by atoms with Crippen molar-refractivity contribution in [3.63, 3.8) is 0 Å². The highest BCUT2D eigenvalue weighted by molar-refractivity contribution is 7.89. The Labute approximate surface area is 164 Å². The normalized spacial score (nSPS) is 11.8. The summed E-state index contributed by atoms with van der Waals surface area (Å²) in [6, 6.07) is 13.2. The Morgan fingerprint density at radius 1 is 1.08 bits per heavy atom. The number of amides is 1. The van der Waals surface area contributed by atoms with Gasteiger partial charge in [-0.2, -0.15) is 4.31 Å². The summed E-state index contributed by atoms with van der Waals surface area (Å²) >= 11 is 11.9. The van der Waals surface area contributed by atoms with Gasteiger partial charge in [0.15, 0.2) is 0 Å². The van der Waals surface area contributed by atoms with Crippen molar-refractivity contribution in [2.24, 2.45) is 0 Å². The molecule has 0 aliphatic rings. The average molecular weight is 415 g/mol. The van der Waals surface area contributed by atoms with Crippen LogP contribution < -0.4 is 4.90 Å². The molecule has 0 radical (unpaired) electrons. The van der Waals surface area contributed by atoms with Crippen molar-refractivity contribution in [1.82, 2.24) is 4.31 Å². The van der Waals surface area contributed by atoms with Gasteiger partial charge in [-0.25, -0.2) is 8.42 Å². The number of likely N-dealkylation sites (N-methyl/N-ethyl adjacent to an activating group) is 1. The minimum absolute atomic E-state index is 0.0532. The van der Waals surface area contributed by atoms with Crippen molar-refractivity contribution < 1.29 is 13.2 Å². The molecule has 0 aromatic heterocycles. The van der Waals surface area contributed by atoms with E-state index in [1.54, 1.807) is 17.0 Å². The molecule has 0 bridgehead atoms. The molecule has 26 heavy (non-hydrogen) atoms. The van der Waals surface area contributed by atoms with Crippen LogP contribution in [0.5, 0.6) is 0 Å². The number of carbonyl (C=O) groups excluding carboxylic acids is 1. The lowest BCUT2D eigenvalue weighted by Crippen LogP contribution is -2.44. The second kappa shape index (κ2) is 8.39. The van der Waals surface area contributed by atoms with Gasteiger partial charge in [0.25, 0.3) is 0 Å². The van der Waals surface area contributed by atoms with Gasteiger partial charge in [0.05, 0.1) is 11.6 Å². The average Bonchev–Trinajstić information content (AvgIpc) is 2.57. The summed E-state index contributed by atoms with van der Waals surface area (Å²) in [5.74, 6) is -0.338. The molecule has 0 saturated carbocycles. The highest BCUT2D eigenvalue weighted by Crippen LogP contribution is 2.27. The minimum Gasteiger partial charge on any atom is -0.309 e. The number of carbonyl (C=O) groups is 1. The summed E-state index contributed by atoms with van der Waals surface area (Å²) in [6.45, 7) is 3.42. The quantitative estimate of drug-likeness (QED) is 0.715. The fourth-order valence-corrected chi connectivity index (χ4v) is 4.37. The number of anilines is 1. The summed E-state index contributed by atoms with van der Waals surface area (Å²) in [6.07, 6.45) is 0. The van der Waals surface area contributed by atoms with E-state index in [4.69, 9.17) is 23.2 Å². The Morgan fingerprint density at radius 3 is 2.27 bits per heavy atom. The van der Waals surface area contributed by atoms with Crippen molar-refractivity contribution in [1.29, 1.82) is 0 Å². The maximum Gasteiger partial charge on any atom is 0.244 e. The fourth-order valence-electron chi connectivity index (χ4n) is 2.51. The van der Waals surface area contributed by atoms with E-state index in [9.17, 15) is 13.2 Å². The number of halogens is 2. The topological polar surface area (TPSA) is 57.7 Å². The maximum atomic E-state index is 12.8. The number of hydrogen-bond donors (Lipinski definition) is 0. The minimum atomic E-state index is -3.96. The van der Waals surface area contributed by atoms with Crippen LogP contribution in [0.1, 0.15) is 13.8 Å². The largest absolute Gasteiger partial charge is 0.309 e. The highest BCUT2D eigenvalue weighted by atomic mass is 35.5. The van der Waals surface area contributed by atoms with Crippen LogP contribution in [0, 0.1) is 0 Å². The van der Waals surface area contributed by atoms with Crippen LogP contribution in [0.25, 0.3) is 0 Å². The Morgan fingerprint density at radius 2 is 1.69 bits per heavy atom. The second-order valence-corrected chi connectivity index (χ2v) is 8.89. The predicted octanol–water partition coefficient (Wildman–Crippen LogP) is 4.06. The predicted molar refractivity (Wildman–Crippen MR) is 105 cm³/mol. The summed E-state index contributed by atoms with van der Waals surface area (Å²) < 4.78 is 26.5. The number of rotatable bonds is 6. The van der Waals surface area contributed by atoms with Crippen LogP contribution in [-0.4, -0.2) is 38.3 Å². The molecule has 2 rings (SSSR count). The SMILES string of the molecule is CC(C)N(C(=O)CN(C)S(=O)(=O)c1cc(Cl)ccc1Cl)c1ccccc1. The zero-order valence-electron chi connectivity index (χ0n) is 14.7. The van der Waals surface area contributed by atoms with Crippen molar-refractivity contribution in [3.05, 3.63) is 58.6 Å². The molecule has 0 spiro atoms.